The summed E-state index contributed by atoms with van der Waals surface area (Å²) in [5.74, 6) is -1.46. The van der Waals surface area contributed by atoms with E-state index in [1.54, 1.807) is 13.8 Å². The van der Waals surface area contributed by atoms with E-state index in [9.17, 15) is 19.5 Å². The monoisotopic (exact) mass is 438 g/mol. The lowest BCUT2D eigenvalue weighted by Crippen LogP contribution is -2.54. The van der Waals surface area contributed by atoms with Gasteiger partial charge < -0.3 is 20.1 Å². The second-order valence-electron chi connectivity index (χ2n) is 8.58. The SMILES string of the molecule is CCN(C(=O)C[C@H](C)NC(=O)OCC1c2ccccc2-c2ccccc21)C(C)(C)C(=O)O. The largest absolute Gasteiger partial charge is 0.480 e. The molecular formula is C25H30N2O5. The Morgan fingerprint density at radius 1 is 1.06 bits per heavy atom. The van der Waals surface area contributed by atoms with E-state index < -0.39 is 23.6 Å². The molecule has 0 radical (unpaired) electrons. The Morgan fingerprint density at radius 2 is 1.59 bits per heavy atom. The Bertz CT molecular complexity index is 971. The maximum atomic E-state index is 12.6. The summed E-state index contributed by atoms with van der Waals surface area (Å²) in [5, 5.41) is 12.1. The molecule has 2 aromatic rings. The highest BCUT2D eigenvalue weighted by Gasteiger charge is 2.37. The molecule has 7 heteroatoms. The predicted molar refractivity (Wildman–Crippen MR) is 121 cm³/mol. The third-order valence-electron chi connectivity index (χ3n) is 6.00. The summed E-state index contributed by atoms with van der Waals surface area (Å²) < 4.78 is 5.52. The van der Waals surface area contributed by atoms with Crippen molar-refractivity contribution in [2.24, 2.45) is 0 Å². The molecule has 32 heavy (non-hydrogen) atoms. The Hall–Kier alpha value is -3.35. The number of rotatable bonds is 8. The van der Waals surface area contributed by atoms with Crippen molar-refractivity contribution in [3.63, 3.8) is 0 Å². The summed E-state index contributed by atoms with van der Waals surface area (Å²) in [4.78, 5) is 37.8. The minimum atomic E-state index is -1.32. The van der Waals surface area contributed by atoms with Crippen LogP contribution in [0.4, 0.5) is 4.79 Å². The molecule has 1 aliphatic rings. The smallest absolute Gasteiger partial charge is 0.407 e. The van der Waals surface area contributed by atoms with E-state index in [-0.39, 0.29) is 31.4 Å². The zero-order chi connectivity index (χ0) is 23.5. The van der Waals surface area contributed by atoms with Gasteiger partial charge in [-0.2, -0.15) is 0 Å². The molecule has 0 fully saturated rings. The van der Waals surface area contributed by atoms with Crippen molar-refractivity contribution >= 4 is 18.0 Å². The number of nitrogens with one attached hydrogen (secondary N) is 1. The van der Waals surface area contributed by atoms with Crippen molar-refractivity contribution in [2.45, 2.75) is 51.6 Å². The number of carbonyl (C=O) groups is 3. The van der Waals surface area contributed by atoms with Crippen LogP contribution in [0.3, 0.4) is 0 Å². The lowest BCUT2D eigenvalue weighted by Gasteiger charge is -2.35. The minimum absolute atomic E-state index is 0.0191. The Balaban J connectivity index is 1.58. The molecule has 0 unspecified atom stereocenters. The first-order chi connectivity index (χ1) is 15.2. The topological polar surface area (TPSA) is 95.9 Å². The first-order valence-corrected chi connectivity index (χ1v) is 10.8. The molecule has 7 nitrogen and oxygen atoms in total. The molecule has 1 atom stereocenters. The summed E-state index contributed by atoms with van der Waals surface area (Å²) in [6, 6.07) is 15.7. The van der Waals surface area contributed by atoms with Crippen LogP contribution in [-0.4, -0.2) is 52.7 Å². The van der Waals surface area contributed by atoms with Crippen LogP contribution in [0, 0.1) is 0 Å². The first kappa shape index (κ1) is 23.3. The molecular weight excluding hydrogens is 408 g/mol. The standard InChI is InChI=1S/C25H30N2O5/c1-5-27(25(3,4)23(29)30)22(28)14-16(2)26-24(31)32-15-21-19-12-8-6-10-17(19)18-11-7-9-13-20(18)21/h6-13,16,21H,5,14-15H2,1-4H3,(H,26,31)(H,29,30)/t16-/m0/s1. The number of alkyl carbamates (subject to hydrolysis) is 1. The number of hydrogen-bond donors (Lipinski definition) is 2. The maximum Gasteiger partial charge on any atom is 0.407 e. The second-order valence-corrected chi connectivity index (χ2v) is 8.58. The van der Waals surface area contributed by atoms with E-state index in [2.05, 4.69) is 17.4 Å². The number of amides is 2. The fourth-order valence-electron chi connectivity index (χ4n) is 4.26. The lowest BCUT2D eigenvalue weighted by atomic mass is 9.98. The summed E-state index contributed by atoms with van der Waals surface area (Å²) >= 11 is 0. The third-order valence-corrected chi connectivity index (χ3v) is 6.00. The van der Waals surface area contributed by atoms with Crippen LogP contribution in [-0.2, 0) is 14.3 Å². The Morgan fingerprint density at radius 3 is 2.09 bits per heavy atom. The molecule has 0 saturated carbocycles. The highest BCUT2D eigenvalue weighted by molar-refractivity contribution is 5.87. The Kier molecular flexibility index (Phi) is 6.87. The van der Waals surface area contributed by atoms with Gasteiger partial charge in [-0.3, -0.25) is 4.79 Å². The number of aliphatic carboxylic acids is 1. The van der Waals surface area contributed by atoms with Gasteiger partial charge in [-0.15, -0.1) is 0 Å². The molecule has 2 amide bonds. The van der Waals surface area contributed by atoms with Gasteiger partial charge in [0.05, 0.1) is 0 Å². The fraction of sp³-hybridized carbons (Fsp3) is 0.400. The summed E-state index contributed by atoms with van der Waals surface area (Å²) in [7, 11) is 0. The number of benzene rings is 2. The zero-order valence-electron chi connectivity index (χ0n) is 18.9. The van der Waals surface area contributed by atoms with Crippen LogP contribution in [0.15, 0.2) is 48.5 Å². The van der Waals surface area contributed by atoms with Gasteiger partial charge in [0.15, 0.2) is 0 Å². The summed E-state index contributed by atoms with van der Waals surface area (Å²) in [5.41, 5.74) is 3.22. The van der Waals surface area contributed by atoms with Crippen LogP contribution >= 0.6 is 0 Å². The quantitative estimate of drug-likeness (QED) is 0.649. The van der Waals surface area contributed by atoms with E-state index in [0.29, 0.717) is 0 Å². The van der Waals surface area contributed by atoms with Crippen LogP contribution in [0.5, 0.6) is 0 Å². The number of ether oxygens (including phenoxy) is 1. The number of carbonyl (C=O) groups excluding carboxylic acids is 2. The number of fused-ring (bicyclic) bond motifs is 3. The molecule has 0 saturated heterocycles. The fourth-order valence-corrected chi connectivity index (χ4v) is 4.26. The van der Waals surface area contributed by atoms with Crippen LogP contribution in [0.25, 0.3) is 11.1 Å². The third kappa shape index (κ3) is 4.61. The van der Waals surface area contributed by atoms with Gasteiger partial charge in [-0.25, -0.2) is 9.59 Å². The lowest BCUT2D eigenvalue weighted by molar-refractivity contribution is -0.156. The molecule has 170 valence electrons. The van der Waals surface area contributed by atoms with Crippen molar-refractivity contribution in [2.75, 3.05) is 13.2 Å². The van der Waals surface area contributed by atoms with E-state index in [0.717, 1.165) is 22.3 Å². The summed E-state index contributed by atoms with van der Waals surface area (Å²) in [6.07, 6.45) is -0.623. The van der Waals surface area contributed by atoms with Gasteiger partial charge in [-0.1, -0.05) is 48.5 Å². The maximum absolute atomic E-state index is 12.6. The molecule has 0 bridgehead atoms. The van der Waals surface area contributed by atoms with Crippen LogP contribution < -0.4 is 5.32 Å². The highest BCUT2D eigenvalue weighted by atomic mass is 16.5. The van der Waals surface area contributed by atoms with E-state index >= 15 is 0 Å². The highest BCUT2D eigenvalue weighted by Crippen LogP contribution is 2.44. The molecule has 2 aromatic carbocycles. The molecule has 0 spiro atoms. The van der Waals surface area contributed by atoms with Gasteiger partial charge in [0.25, 0.3) is 0 Å². The first-order valence-electron chi connectivity index (χ1n) is 10.8. The normalized spacial score (nSPS) is 13.6. The predicted octanol–water partition coefficient (Wildman–Crippen LogP) is 4.02. The average molecular weight is 439 g/mol. The van der Waals surface area contributed by atoms with Crippen molar-refractivity contribution in [1.82, 2.24) is 10.2 Å². The van der Waals surface area contributed by atoms with Gasteiger partial charge in [0.2, 0.25) is 5.91 Å². The van der Waals surface area contributed by atoms with Gasteiger partial charge in [0, 0.05) is 24.9 Å². The molecule has 1 aliphatic carbocycles. The number of carboxylic acid groups (broad SMARTS) is 1. The number of likely N-dealkylation sites (N-methyl/N-ethyl adjacent to an activating group) is 1. The van der Waals surface area contributed by atoms with E-state index in [1.807, 2.05) is 36.4 Å². The number of carboxylic acids is 1. The van der Waals surface area contributed by atoms with Crippen molar-refractivity contribution < 1.29 is 24.2 Å². The van der Waals surface area contributed by atoms with E-state index in [1.165, 1.54) is 18.7 Å². The molecule has 3 rings (SSSR count). The van der Waals surface area contributed by atoms with E-state index in [4.69, 9.17) is 4.74 Å². The van der Waals surface area contributed by atoms with Crippen LogP contribution in [0.2, 0.25) is 0 Å². The van der Waals surface area contributed by atoms with Crippen molar-refractivity contribution in [3.8, 4) is 11.1 Å². The van der Waals surface area contributed by atoms with Crippen molar-refractivity contribution in [3.05, 3.63) is 59.7 Å². The molecule has 0 aromatic heterocycles. The zero-order valence-corrected chi connectivity index (χ0v) is 18.9. The van der Waals surface area contributed by atoms with Gasteiger partial charge in [-0.05, 0) is 49.9 Å². The van der Waals surface area contributed by atoms with Gasteiger partial charge >= 0.3 is 12.1 Å². The molecule has 2 N–H and O–H groups in total. The molecule has 0 aliphatic heterocycles. The van der Waals surface area contributed by atoms with Crippen LogP contribution in [0.1, 0.15) is 51.2 Å². The van der Waals surface area contributed by atoms with Crippen molar-refractivity contribution in [1.29, 1.82) is 0 Å². The minimum Gasteiger partial charge on any atom is -0.480 e. The number of hydrogen-bond acceptors (Lipinski definition) is 4. The average Bonchev–Trinajstić information content (AvgIpc) is 3.06. The van der Waals surface area contributed by atoms with Gasteiger partial charge in [0.1, 0.15) is 12.1 Å². The molecule has 0 heterocycles. The summed E-state index contributed by atoms with van der Waals surface area (Å²) in [6.45, 7) is 6.84. The Labute approximate surface area is 188 Å². The number of nitrogens with zero attached hydrogens (tertiary/aromatic N) is 1. The second kappa shape index (κ2) is 9.42.